The Morgan fingerprint density at radius 1 is 1.15 bits per heavy atom. The molecule has 1 fully saturated rings. The second-order valence-electron chi connectivity index (χ2n) is 7.72. The van der Waals surface area contributed by atoms with E-state index in [9.17, 15) is 14.7 Å². The van der Waals surface area contributed by atoms with Crippen molar-refractivity contribution in [2.45, 2.75) is 52.7 Å². The predicted octanol–water partition coefficient (Wildman–Crippen LogP) is 2.93. The highest BCUT2D eigenvalue weighted by Gasteiger charge is 2.58. The number of benzene rings is 1. The van der Waals surface area contributed by atoms with E-state index >= 15 is 0 Å². The fourth-order valence-electron chi connectivity index (χ4n) is 3.41. The van der Waals surface area contributed by atoms with Crippen LogP contribution < -0.4 is 5.32 Å². The van der Waals surface area contributed by atoms with E-state index in [0.29, 0.717) is 12.8 Å². The number of carboxylic acid groups (broad SMARTS) is 2. The molecular formula is C20H31NO5. The Labute approximate surface area is 155 Å². The van der Waals surface area contributed by atoms with E-state index in [2.05, 4.69) is 5.32 Å². The molecule has 0 aliphatic heterocycles. The van der Waals surface area contributed by atoms with Crippen molar-refractivity contribution in [1.82, 2.24) is 5.32 Å². The van der Waals surface area contributed by atoms with Crippen LogP contribution in [0.1, 0.15) is 52.2 Å². The molecule has 4 atom stereocenters. The third kappa shape index (κ3) is 4.43. The van der Waals surface area contributed by atoms with E-state index in [0.717, 1.165) is 5.56 Å². The lowest BCUT2D eigenvalue weighted by atomic mass is 9.66. The summed E-state index contributed by atoms with van der Waals surface area (Å²) >= 11 is 0. The molecule has 1 aromatic rings. The first-order valence-electron chi connectivity index (χ1n) is 8.85. The summed E-state index contributed by atoms with van der Waals surface area (Å²) in [5.74, 6) is -2.34. The van der Waals surface area contributed by atoms with E-state index in [1.807, 2.05) is 44.3 Å². The lowest BCUT2D eigenvalue weighted by Gasteiger charge is -2.36. The zero-order valence-corrected chi connectivity index (χ0v) is 16.2. The molecule has 0 radical (unpaired) electrons. The number of aliphatic hydroxyl groups excluding tert-OH is 1. The maximum atomic E-state index is 11.1. The molecule has 1 aliphatic carbocycles. The van der Waals surface area contributed by atoms with Crippen molar-refractivity contribution in [3.05, 3.63) is 35.9 Å². The van der Waals surface area contributed by atoms with Crippen molar-refractivity contribution in [2.24, 2.45) is 16.7 Å². The number of likely N-dealkylation sites (N-methyl/N-ethyl adjacent to an activating group) is 1. The Morgan fingerprint density at radius 3 is 2.04 bits per heavy atom. The molecule has 6 nitrogen and oxygen atoms in total. The number of hydrogen-bond acceptors (Lipinski definition) is 4. The third-order valence-electron chi connectivity index (χ3n) is 6.07. The van der Waals surface area contributed by atoms with Gasteiger partial charge in [0.25, 0.3) is 0 Å². The van der Waals surface area contributed by atoms with Crippen LogP contribution in [0.5, 0.6) is 0 Å². The number of rotatable bonds is 5. The van der Waals surface area contributed by atoms with Gasteiger partial charge in [0.2, 0.25) is 0 Å². The molecule has 0 amide bonds. The van der Waals surface area contributed by atoms with Crippen molar-refractivity contribution in [3.8, 4) is 0 Å². The van der Waals surface area contributed by atoms with Crippen LogP contribution in [0, 0.1) is 16.7 Å². The first-order chi connectivity index (χ1) is 12.0. The van der Waals surface area contributed by atoms with Gasteiger partial charge in [-0.3, -0.25) is 9.59 Å². The van der Waals surface area contributed by atoms with Gasteiger partial charge in [-0.1, -0.05) is 44.2 Å². The molecule has 1 aromatic carbocycles. The Kier molecular flexibility index (Phi) is 7.35. The number of nitrogens with one attached hydrogen (secondary N) is 1. The van der Waals surface area contributed by atoms with Gasteiger partial charge in [-0.15, -0.1) is 0 Å². The summed E-state index contributed by atoms with van der Waals surface area (Å²) in [6.45, 7) is 7.05. The largest absolute Gasteiger partial charge is 0.481 e. The van der Waals surface area contributed by atoms with Crippen molar-refractivity contribution in [2.75, 3.05) is 7.05 Å². The minimum atomic E-state index is -0.921. The predicted molar refractivity (Wildman–Crippen MR) is 99.8 cm³/mol. The zero-order valence-electron chi connectivity index (χ0n) is 16.2. The molecular weight excluding hydrogens is 334 g/mol. The number of carbonyl (C=O) groups is 2. The van der Waals surface area contributed by atoms with Gasteiger partial charge in [-0.25, -0.2) is 0 Å². The van der Waals surface area contributed by atoms with Gasteiger partial charge < -0.3 is 20.6 Å². The van der Waals surface area contributed by atoms with Gasteiger partial charge in [-0.2, -0.15) is 0 Å². The Morgan fingerprint density at radius 2 is 1.69 bits per heavy atom. The third-order valence-corrected chi connectivity index (χ3v) is 6.07. The quantitative estimate of drug-likeness (QED) is 0.639. The molecule has 1 aliphatic rings. The first-order valence-corrected chi connectivity index (χ1v) is 8.85. The molecule has 2 rings (SSSR count). The molecule has 1 saturated carbocycles. The van der Waals surface area contributed by atoms with Gasteiger partial charge in [0, 0.05) is 6.04 Å². The molecule has 0 bridgehead atoms. The van der Waals surface area contributed by atoms with Crippen LogP contribution in [-0.2, 0) is 9.59 Å². The van der Waals surface area contributed by atoms with Crippen molar-refractivity contribution >= 4 is 11.9 Å². The van der Waals surface area contributed by atoms with Crippen LogP contribution in [-0.4, -0.2) is 40.3 Å². The molecule has 0 saturated heterocycles. The van der Waals surface area contributed by atoms with Crippen LogP contribution in [0.3, 0.4) is 0 Å². The summed E-state index contributed by atoms with van der Waals surface area (Å²) in [5, 5.41) is 30.8. The number of aliphatic hydroxyl groups is 1. The molecule has 26 heavy (non-hydrogen) atoms. The molecule has 0 spiro atoms. The SMILES string of the molecule is CC1(C)[C@@H](C(=O)O)CC[C@@]1(C)C(=O)O.CN[C@@H](C)[C@H](O)c1ccccc1. The average Bonchev–Trinajstić information content (AvgIpc) is 2.85. The molecule has 4 N–H and O–H groups in total. The molecule has 0 heterocycles. The van der Waals surface area contributed by atoms with Gasteiger partial charge in [0.05, 0.1) is 17.4 Å². The Balaban J connectivity index is 0.000000263. The molecule has 146 valence electrons. The van der Waals surface area contributed by atoms with E-state index in [1.54, 1.807) is 20.8 Å². The Hall–Kier alpha value is -1.92. The summed E-state index contributed by atoms with van der Waals surface area (Å²) in [5.41, 5.74) is -0.653. The molecule has 6 heteroatoms. The van der Waals surface area contributed by atoms with E-state index in [1.165, 1.54) is 0 Å². The lowest BCUT2D eigenvalue weighted by molar-refractivity contribution is -0.157. The number of hydrogen-bond donors (Lipinski definition) is 4. The number of carboxylic acids is 2. The van der Waals surface area contributed by atoms with Crippen molar-refractivity contribution in [1.29, 1.82) is 0 Å². The van der Waals surface area contributed by atoms with E-state index in [4.69, 9.17) is 10.2 Å². The highest BCUT2D eigenvalue weighted by Crippen LogP contribution is 2.56. The lowest BCUT2D eigenvalue weighted by Crippen LogP contribution is -2.42. The average molecular weight is 365 g/mol. The first kappa shape index (κ1) is 22.1. The summed E-state index contributed by atoms with van der Waals surface area (Å²) in [6, 6.07) is 9.76. The second kappa shape index (κ2) is 8.64. The Bertz CT molecular complexity index is 616. The summed E-state index contributed by atoms with van der Waals surface area (Å²) in [4.78, 5) is 22.0. The standard InChI is InChI=1S/C10H15NO.C10H16O4/c1-8(11-2)10(12)9-6-4-3-5-7-9;1-9(2)6(7(11)12)4-5-10(9,3)8(13)14/h3-8,10-12H,1-2H3;6H,4-5H2,1-3H3,(H,11,12)(H,13,14)/t8-,10-;6-,10+/m01/s1. The van der Waals surface area contributed by atoms with Gasteiger partial charge in [0.15, 0.2) is 0 Å². The highest BCUT2D eigenvalue weighted by molar-refractivity contribution is 5.80. The van der Waals surface area contributed by atoms with Crippen LogP contribution in [0.15, 0.2) is 30.3 Å². The van der Waals surface area contributed by atoms with Gasteiger partial charge in [-0.05, 0) is 44.7 Å². The second-order valence-corrected chi connectivity index (χ2v) is 7.72. The van der Waals surface area contributed by atoms with Crippen LogP contribution >= 0.6 is 0 Å². The van der Waals surface area contributed by atoms with E-state index < -0.39 is 34.8 Å². The maximum absolute atomic E-state index is 11.1. The monoisotopic (exact) mass is 365 g/mol. The van der Waals surface area contributed by atoms with Crippen molar-refractivity contribution < 1.29 is 24.9 Å². The highest BCUT2D eigenvalue weighted by atomic mass is 16.4. The van der Waals surface area contributed by atoms with E-state index in [-0.39, 0.29) is 6.04 Å². The fraction of sp³-hybridized carbons (Fsp3) is 0.600. The van der Waals surface area contributed by atoms with Crippen LogP contribution in [0.2, 0.25) is 0 Å². The minimum Gasteiger partial charge on any atom is -0.481 e. The number of aliphatic carboxylic acids is 2. The topological polar surface area (TPSA) is 107 Å². The summed E-state index contributed by atoms with van der Waals surface area (Å²) < 4.78 is 0. The maximum Gasteiger partial charge on any atom is 0.309 e. The van der Waals surface area contributed by atoms with Gasteiger partial charge in [0.1, 0.15) is 0 Å². The molecule has 0 unspecified atom stereocenters. The van der Waals surface area contributed by atoms with Crippen LogP contribution in [0.25, 0.3) is 0 Å². The zero-order chi connectivity index (χ0) is 20.1. The van der Waals surface area contributed by atoms with Crippen molar-refractivity contribution in [3.63, 3.8) is 0 Å². The smallest absolute Gasteiger partial charge is 0.309 e. The minimum absolute atomic E-state index is 0.0902. The summed E-state index contributed by atoms with van der Waals surface area (Å²) in [7, 11) is 1.84. The summed E-state index contributed by atoms with van der Waals surface area (Å²) in [6.07, 6.45) is 0.466. The fourth-order valence-corrected chi connectivity index (χ4v) is 3.41. The van der Waals surface area contributed by atoms with Crippen LogP contribution in [0.4, 0.5) is 0 Å². The normalized spacial score (nSPS) is 26.3. The van der Waals surface area contributed by atoms with Gasteiger partial charge >= 0.3 is 11.9 Å². The molecule has 0 aromatic heterocycles.